The van der Waals surface area contributed by atoms with E-state index in [1.165, 1.54) is 0 Å². The normalized spacial score (nSPS) is 13.8. The maximum absolute atomic E-state index is 13.3. The number of ether oxygens (including phenoxy) is 1. The van der Waals surface area contributed by atoms with Gasteiger partial charge < -0.3 is 15.0 Å². The zero-order valence-electron chi connectivity index (χ0n) is 21.1. The fourth-order valence-corrected chi connectivity index (χ4v) is 5.19. The molecule has 8 heteroatoms. The van der Waals surface area contributed by atoms with E-state index in [1.807, 2.05) is 55.8 Å². The molecule has 3 heterocycles. The van der Waals surface area contributed by atoms with Crippen LogP contribution in [0.15, 0.2) is 41.9 Å². The number of aromatic amines is 1. The van der Waals surface area contributed by atoms with Crippen LogP contribution in [-0.2, 0) is 16.0 Å². The number of hydrogen-bond acceptors (Lipinski definition) is 6. The molecule has 0 spiro atoms. The molecule has 1 aliphatic rings. The molecule has 1 amide bonds. The minimum atomic E-state index is -0.229. The Morgan fingerprint density at radius 2 is 2.06 bits per heavy atom. The second-order valence-corrected chi connectivity index (χ2v) is 10.0. The number of benzene rings is 1. The summed E-state index contributed by atoms with van der Waals surface area (Å²) >= 11 is 1.65. The van der Waals surface area contributed by atoms with Crippen LogP contribution in [0.2, 0.25) is 0 Å². The van der Waals surface area contributed by atoms with Gasteiger partial charge in [0, 0.05) is 29.4 Å². The van der Waals surface area contributed by atoms with Crippen LogP contribution in [0.25, 0.3) is 16.6 Å². The predicted molar refractivity (Wildman–Crippen MR) is 146 cm³/mol. The Bertz CT molecular complexity index is 1270. The lowest BCUT2D eigenvalue weighted by molar-refractivity contribution is -0.121. The van der Waals surface area contributed by atoms with Crippen LogP contribution in [-0.4, -0.2) is 35.7 Å². The largest absolute Gasteiger partial charge is 0.497 e. The second-order valence-electron chi connectivity index (χ2n) is 9.09. The fraction of sp³-hybridized carbons (Fsp3) is 0.393. The molecule has 36 heavy (non-hydrogen) atoms. The third-order valence-corrected chi connectivity index (χ3v) is 7.46. The van der Waals surface area contributed by atoms with Gasteiger partial charge in [-0.3, -0.25) is 9.59 Å². The lowest BCUT2D eigenvalue weighted by Gasteiger charge is -2.15. The highest BCUT2D eigenvalue weighted by Gasteiger charge is 2.31. The second kappa shape index (κ2) is 12.0. The molecule has 189 valence electrons. The summed E-state index contributed by atoms with van der Waals surface area (Å²) in [7, 11) is 1.64. The van der Waals surface area contributed by atoms with E-state index >= 15 is 0 Å². The molecule has 0 fully saturated rings. The molecular weight excluding hydrogens is 472 g/mol. The van der Waals surface area contributed by atoms with Gasteiger partial charge in [0.2, 0.25) is 5.91 Å². The van der Waals surface area contributed by atoms with Crippen LogP contribution in [0.4, 0.5) is 0 Å². The number of methoxy groups -OCH3 is 1. The molecule has 1 aromatic carbocycles. The quantitative estimate of drug-likeness (QED) is 0.289. The van der Waals surface area contributed by atoms with Gasteiger partial charge in [-0.1, -0.05) is 25.8 Å². The van der Waals surface area contributed by atoms with Crippen LogP contribution in [0.5, 0.6) is 5.75 Å². The number of aryl methyl sites for hydroxylation is 1. The van der Waals surface area contributed by atoms with E-state index in [1.54, 1.807) is 18.4 Å². The van der Waals surface area contributed by atoms with Crippen LogP contribution < -0.4 is 20.4 Å². The molecule has 4 rings (SSSR count). The van der Waals surface area contributed by atoms with Crippen molar-refractivity contribution in [1.29, 1.82) is 0 Å². The third kappa shape index (κ3) is 6.23. The van der Waals surface area contributed by atoms with Crippen LogP contribution in [0, 0.1) is 6.92 Å². The first-order valence-corrected chi connectivity index (χ1v) is 13.4. The van der Waals surface area contributed by atoms with Gasteiger partial charge in [0.05, 0.1) is 18.4 Å². The molecule has 1 aliphatic heterocycles. The summed E-state index contributed by atoms with van der Waals surface area (Å²) in [5.74, 6) is 1.77. The average molecular weight is 507 g/mol. The minimum absolute atomic E-state index is 0.0537. The van der Waals surface area contributed by atoms with E-state index < -0.39 is 0 Å². The first kappa shape index (κ1) is 25.7. The summed E-state index contributed by atoms with van der Waals surface area (Å²) in [5.41, 5.74) is 3.88. The molecule has 3 aromatic rings. The number of fused-ring (bicyclic) bond motifs is 1. The van der Waals surface area contributed by atoms with Gasteiger partial charge in [0.15, 0.2) is 11.9 Å². The predicted octanol–water partition coefficient (Wildman–Crippen LogP) is 4.84. The van der Waals surface area contributed by atoms with Gasteiger partial charge in [-0.05, 0) is 60.0 Å². The number of carbonyl (C=O) groups excluding carboxylic acids is 2. The van der Waals surface area contributed by atoms with Crippen LogP contribution in [0.1, 0.15) is 61.6 Å². The van der Waals surface area contributed by atoms with Crippen molar-refractivity contribution in [2.45, 2.75) is 64.8 Å². The highest BCUT2D eigenvalue weighted by Crippen LogP contribution is 2.27. The van der Waals surface area contributed by atoms with E-state index in [9.17, 15) is 9.59 Å². The Kier molecular flexibility index (Phi) is 8.59. The first-order chi connectivity index (χ1) is 17.5. The van der Waals surface area contributed by atoms with E-state index in [2.05, 4.69) is 20.6 Å². The molecule has 3 N–H and O–H groups in total. The van der Waals surface area contributed by atoms with Crippen molar-refractivity contribution in [2.75, 3.05) is 7.11 Å². The Balaban J connectivity index is 1.43. The number of ketones is 1. The lowest BCUT2D eigenvalue weighted by Crippen LogP contribution is -2.47. The lowest BCUT2D eigenvalue weighted by atomic mass is 10.0. The van der Waals surface area contributed by atoms with Crippen molar-refractivity contribution in [2.24, 2.45) is 0 Å². The van der Waals surface area contributed by atoms with Crippen molar-refractivity contribution in [3.63, 3.8) is 0 Å². The van der Waals surface area contributed by atoms with Crippen molar-refractivity contribution < 1.29 is 14.3 Å². The summed E-state index contributed by atoms with van der Waals surface area (Å²) in [6.45, 7) is 3.89. The van der Waals surface area contributed by atoms with Gasteiger partial charge in [-0.15, -0.1) is 11.3 Å². The molecule has 1 radical (unpaired) electrons. The van der Waals surface area contributed by atoms with Gasteiger partial charge in [0.25, 0.3) is 0 Å². The number of hydrogen-bond donors (Lipinski definition) is 3. The van der Waals surface area contributed by atoms with Crippen molar-refractivity contribution in [3.05, 3.63) is 58.0 Å². The van der Waals surface area contributed by atoms with Gasteiger partial charge >= 0.3 is 5.84 Å². The minimum Gasteiger partial charge on any atom is -0.497 e. The number of rotatable bonds is 13. The van der Waals surface area contributed by atoms with Gasteiger partial charge in [-0.2, -0.15) is 0 Å². The number of carbonyl (C=O) groups is 2. The molecule has 7 nitrogen and oxygen atoms in total. The zero-order valence-corrected chi connectivity index (χ0v) is 22.0. The standard InChI is InChI=1S/C28H34N4O3S/c1-4-19(33)9-6-5-7-10-24(28-29-17-25(32-28)26-11-8-14-36-26)31-27(34)16-21-18(2)30-23-13-12-20(35-3)15-22(21)23/h8,11-15,17,24,30,32H,4-7,9-10,16H2,1-3H3,(H,31,34)/q+1/t24-/m0/s1. The van der Waals surface area contributed by atoms with Crippen molar-refractivity contribution in [3.8, 4) is 5.75 Å². The van der Waals surface area contributed by atoms with E-state index in [-0.39, 0.29) is 18.4 Å². The number of amidine groups is 1. The molecule has 2 aromatic heterocycles. The molecule has 0 bridgehead atoms. The van der Waals surface area contributed by atoms with Crippen LogP contribution in [0.3, 0.4) is 0 Å². The highest BCUT2D eigenvalue weighted by atomic mass is 32.1. The van der Waals surface area contributed by atoms with E-state index in [0.29, 0.717) is 18.6 Å². The summed E-state index contributed by atoms with van der Waals surface area (Å²) in [5, 5.41) is 9.66. The number of thiophene rings is 1. The Hall–Kier alpha value is -3.39. The monoisotopic (exact) mass is 506 g/mol. The number of unbranched alkanes of at least 4 members (excludes halogenated alkanes) is 2. The molecule has 0 saturated heterocycles. The molecule has 0 saturated carbocycles. The molecular formula is C28H34N4O3S+. The van der Waals surface area contributed by atoms with Crippen LogP contribution >= 0.6 is 11.3 Å². The number of aliphatic imine (C=N–C) groups is 1. The van der Waals surface area contributed by atoms with Gasteiger partial charge in [-0.25, -0.2) is 5.32 Å². The molecule has 0 unspecified atom stereocenters. The van der Waals surface area contributed by atoms with Crippen molar-refractivity contribution >= 4 is 45.5 Å². The summed E-state index contributed by atoms with van der Waals surface area (Å²) in [4.78, 5) is 34.0. The Morgan fingerprint density at radius 1 is 1.19 bits per heavy atom. The van der Waals surface area contributed by atoms with E-state index in [0.717, 1.165) is 70.0 Å². The maximum Gasteiger partial charge on any atom is 0.319 e. The Morgan fingerprint density at radius 3 is 2.81 bits per heavy atom. The van der Waals surface area contributed by atoms with Gasteiger partial charge in [0.1, 0.15) is 17.6 Å². The Labute approximate surface area is 216 Å². The SMILES string of the molecule is CCC(=O)CCCCC[C@H](NC(=O)Cc1c(C)[nH]c2ccc(OC)cc12)C1=[N+]C=C(c2cccs2)N1. The fourth-order valence-electron chi connectivity index (χ4n) is 4.49. The average Bonchev–Trinajstić information content (AvgIpc) is 3.63. The maximum atomic E-state index is 13.3. The summed E-state index contributed by atoms with van der Waals surface area (Å²) in [6.07, 6.45) is 6.79. The number of Topliss-reactive ketones (excluding diaryl/α,β-unsaturated/α-hetero) is 1. The first-order valence-electron chi connectivity index (χ1n) is 12.5. The van der Waals surface area contributed by atoms with E-state index in [4.69, 9.17) is 4.74 Å². The summed E-state index contributed by atoms with van der Waals surface area (Å²) < 4.78 is 5.39. The highest BCUT2D eigenvalue weighted by molar-refractivity contribution is 7.11. The third-order valence-electron chi connectivity index (χ3n) is 6.55. The topological polar surface area (TPSA) is 97.3 Å². The molecule has 1 atom stereocenters. The number of H-pyrrole nitrogens is 1. The zero-order chi connectivity index (χ0) is 25.5. The number of nitrogens with zero attached hydrogens (tertiary/aromatic N) is 1. The summed E-state index contributed by atoms with van der Waals surface area (Å²) in [6, 6.07) is 9.69. The number of aromatic nitrogens is 1. The number of nitrogens with one attached hydrogen (secondary N) is 3. The smallest absolute Gasteiger partial charge is 0.319 e. The van der Waals surface area contributed by atoms with Crippen molar-refractivity contribution in [1.82, 2.24) is 20.6 Å². The number of amides is 1. The molecule has 0 aliphatic carbocycles.